The summed E-state index contributed by atoms with van der Waals surface area (Å²) >= 11 is 5.92. The zero-order valence-electron chi connectivity index (χ0n) is 19.6. The van der Waals surface area contributed by atoms with Crippen molar-refractivity contribution in [3.63, 3.8) is 0 Å². The molecule has 0 saturated heterocycles. The second kappa shape index (κ2) is 9.92. The monoisotopic (exact) mass is 495 g/mol. The molecule has 1 aromatic heterocycles. The van der Waals surface area contributed by atoms with E-state index in [1.807, 2.05) is 38.2 Å². The molecule has 7 nitrogen and oxygen atoms in total. The Morgan fingerprint density at radius 3 is 2.71 bits per heavy atom. The Kier molecular flexibility index (Phi) is 6.93. The van der Waals surface area contributed by atoms with Crippen molar-refractivity contribution in [2.24, 2.45) is 11.7 Å². The molecule has 0 saturated carbocycles. The van der Waals surface area contributed by atoms with Gasteiger partial charge in [-0.3, -0.25) is 9.48 Å². The topological polar surface area (TPSA) is 93.2 Å². The van der Waals surface area contributed by atoms with Gasteiger partial charge >= 0.3 is 6.03 Å². The molecule has 2 heterocycles. The molecule has 0 radical (unpaired) electrons. The van der Waals surface area contributed by atoms with E-state index in [1.165, 1.54) is 18.2 Å². The predicted octanol–water partition coefficient (Wildman–Crippen LogP) is 4.95. The van der Waals surface area contributed by atoms with E-state index < -0.39 is 11.7 Å². The Labute approximate surface area is 208 Å². The molecule has 35 heavy (non-hydrogen) atoms. The second-order valence-electron chi connectivity index (χ2n) is 8.68. The molecule has 0 fully saturated rings. The molecule has 2 aromatic rings. The van der Waals surface area contributed by atoms with Crippen LogP contribution in [0, 0.1) is 11.7 Å². The molecule has 182 valence electrons. The minimum Gasteiger partial charge on any atom is -0.365 e. The molecule has 0 bridgehead atoms. The lowest BCUT2D eigenvalue weighted by Gasteiger charge is -2.31. The molecule has 1 aliphatic carbocycles. The summed E-state index contributed by atoms with van der Waals surface area (Å²) in [5.74, 6) is -1.04. The number of benzene rings is 1. The number of primary amides is 1. The fourth-order valence-electron chi connectivity index (χ4n) is 4.05. The zero-order chi connectivity index (χ0) is 25.3. The number of urea groups is 1. The van der Waals surface area contributed by atoms with Gasteiger partial charge in [0.25, 0.3) is 5.91 Å². The van der Waals surface area contributed by atoms with Crippen LogP contribution in [0.4, 0.5) is 9.18 Å². The number of hydrogen-bond acceptors (Lipinski definition) is 3. The summed E-state index contributed by atoms with van der Waals surface area (Å²) < 4.78 is 15.3. The van der Waals surface area contributed by atoms with Crippen LogP contribution in [0.15, 0.2) is 65.9 Å². The summed E-state index contributed by atoms with van der Waals surface area (Å²) in [7, 11) is 0. The van der Waals surface area contributed by atoms with Crippen molar-refractivity contribution in [2.45, 2.75) is 33.4 Å². The number of halogens is 2. The molecule has 2 aliphatic rings. The van der Waals surface area contributed by atoms with Crippen molar-refractivity contribution in [3.05, 3.63) is 88.0 Å². The fourth-order valence-corrected chi connectivity index (χ4v) is 4.23. The van der Waals surface area contributed by atoms with Gasteiger partial charge in [0, 0.05) is 23.7 Å². The largest absolute Gasteiger partial charge is 0.365 e. The van der Waals surface area contributed by atoms with E-state index in [0.29, 0.717) is 36.5 Å². The third kappa shape index (κ3) is 5.07. The van der Waals surface area contributed by atoms with Gasteiger partial charge in [0.05, 0.1) is 29.4 Å². The minimum absolute atomic E-state index is 0.0768. The van der Waals surface area contributed by atoms with Gasteiger partial charge in [0.1, 0.15) is 11.5 Å². The predicted molar refractivity (Wildman–Crippen MR) is 134 cm³/mol. The molecule has 1 aliphatic heterocycles. The van der Waals surface area contributed by atoms with Crippen LogP contribution < -0.4 is 11.1 Å². The average molecular weight is 496 g/mol. The number of nitrogens with zero attached hydrogens (tertiary/aromatic N) is 3. The normalized spacial score (nSPS) is 17.6. The summed E-state index contributed by atoms with van der Waals surface area (Å²) in [6, 6.07) is 3.86. The molecular weight excluding hydrogens is 469 g/mol. The summed E-state index contributed by atoms with van der Waals surface area (Å²) in [4.78, 5) is 26.8. The van der Waals surface area contributed by atoms with E-state index in [1.54, 1.807) is 9.58 Å². The molecule has 1 atom stereocenters. The van der Waals surface area contributed by atoms with Crippen molar-refractivity contribution in [1.29, 1.82) is 0 Å². The number of nitrogens with two attached hydrogens (primary N) is 1. The highest BCUT2D eigenvalue weighted by Crippen LogP contribution is 2.32. The molecule has 9 heteroatoms. The van der Waals surface area contributed by atoms with Crippen molar-refractivity contribution in [2.75, 3.05) is 6.54 Å². The highest BCUT2D eigenvalue weighted by Gasteiger charge is 2.31. The summed E-state index contributed by atoms with van der Waals surface area (Å²) in [6.45, 7) is 9.10. The van der Waals surface area contributed by atoms with Gasteiger partial charge < -0.3 is 16.0 Å². The van der Waals surface area contributed by atoms with Gasteiger partial charge in [0.15, 0.2) is 0 Å². The number of carbonyl (C=O) groups excluding carboxylic acids is 2. The lowest BCUT2D eigenvalue weighted by atomic mass is 9.85. The molecule has 1 aromatic carbocycles. The van der Waals surface area contributed by atoms with E-state index in [4.69, 9.17) is 17.3 Å². The number of hydrogen-bond donors (Lipinski definition) is 2. The van der Waals surface area contributed by atoms with Crippen molar-refractivity contribution in [1.82, 2.24) is 20.0 Å². The lowest BCUT2D eigenvalue weighted by Crippen LogP contribution is -2.45. The van der Waals surface area contributed by atoms with E-state index in [0.717, 1.165) is 16.8 Å². The van der Waals surface area contributed by atoms with Crippen LogP contribution in [-0.4, -0.2) is 33.2 Å². The number of rotatable bonds is 6. The number of nitrogens with one attached hydrogen (secondary N) is 1. The molecular formula is C26H27ClFN5O2. The Hall–Kier alpha value is -3.65. The first kappa shape index (κ1) is 24.5. The molecule has 1 unspecified atom stereocenters. The van der Waals surface area contributed by atoms with E-state index in [-0.39, 0.29) is 29.1 Å². The Bertz CT molecular complexity index is 1310. The lowest BCUT2D eigenvalue weighted by molar-refractivity contribution is 0.0997. The van der Waals surface area contributed by atoms with Gasteiger partial charge in [-0.25, -0.2) is 9.18 Å². The van der Waals surface area contributed by atoms with Crippen molar-refractivity contribution < 1.29 is 14.0 Å². The third-order valence-corrected chi connectivity index (χ3v) is 6.60. The van der Waals surface area contributed by atoms with E-state index in [2.05, 4.69) is 17.0 Å². The standard InChI is InChI=1S/C26H27ClFN5O2/c1-4-15(2)5-6-16(3)18-11-19(12-18)30-26(35)32-9-10-33-22(14-32)23(25(29)34)24(31-33)17-7-8-21(28)20(27)13-17/h4-8,11,13,18H,3,9-10,12,14H2,1-2H3,(H2,29,34)(H,30,35). The van der Waals surface area contributed by atoms with Gasteiger partial charge in [-0.05, 0) is 44.0 Å². The van der Waals surface area contributed by atoms with E-state index in [9.17, 15) is 14.0 Å². The quantitative estimate of drug-likeness (QED) is 0.555. The molecule has 3 amide bonds. The van der Waals surface area contributed by atoms with Crippen LogP contribution in [0.3, 0.4) is 0 Å². The SMILES string of the molecule is C=C(C=CC(C)=CC)C1C=C(NC(=O)N2CCn3nc(-c4ccc(F)c(Cl)c4)c(C(N)=O)c3C2)C1. The third-order valence-electron chi connectivity index (χ3n) is 6.31. The van der Waals surface area contributed by atoms with Crippen LogP contribution in [0.2, 0.25) is 5.02 Å². The zero-order valence-corrected chi connectivity index (χ0v) is 20.4. The number of fused-ring (bicyclic) bond motifs is 1. The first-order valence-electron chi connectivity index (χ1n) is 11.3. The Balaban J connectivity index is 1.47. The van der Waals surface area contributed by atoms with Crippen molar-refractivity contribution in [3.8, 4) is 11.3 Å². The number of allylic oxidation sites excluding steroid dienone is 7. The number of amides is 3. The van der Waals surface area contributed by atoms with Crippen LogP contribution >= 0.6 is 11.6 Å². The fraction of sp³-hybridized carbons (Fsp3) is 0.269. The van der Waals surface area contributed by atoms with Crippen LogP contribution in [0.1, 0.15) is 36.3 Å². The summed E-state index contributed by atoms with van der Waals surface area (Å²) in [6.07, 6.45) is 8.75. The Morgan fingerprint density at radius 2 is 2.06 bits per heavy atom. The van der Waals surface area contributed by atoms with Gasteiger partial charge in [-0.1, -0.05) is 48.1 Å². The summed E-state index contributed by atoms with van der Waals surface area (Å²) in [5, 5.41) is 7.37. The average Bonchev–Trinajstić information content (AvgIpc) is 3.19. The highest BCUT2D eigenvalue weighted by atomic mass is 35.5. The summed E-state index contributed by atoms with van der Waals surface area (Å²) in [5.41, 5.74) is 10.2. The first-order chi connectivity index (χ1) is 16.7. The molecule has 0 spiro atoms. The van der Waals surface area contributed by atoms with Crippen molar-refractivity contribution >= 4 is 23.5 Å². The first-order valence-corrected chi connectivity index (χ1v) is 11.7. The van der Waals surface area contributed by atoms with E-state index >= 15 is 0 Å². The van der Waals surface area contributed by atoms with Crippen LogP contribution in [-0.2, 0) is 13.1 Å². The number of carbonyl (C=O) groups is 2. The number of aromatic nitrogens is 2. The smallest absolute Gasteiger partial charge is 0.321 e. The van der Waals surface area contributed by atoms with Gasteiger partial charge in [-0.2, -0.15) is 5.10 Å². The van der Waals surface area contributed by atoms with Crippen LogP contribution in [0.25, 0.3) is 11.3 Å². The second-order valence-corrected chi connectivity index (χ2v) is 9.09. The van der Waals surface area contributed by atoms with Gasteiger partial charge in [-0.15, -0.1) is 0 Å². The maximum Gasteiger partial charge on any atom is 0.321 e. The minimum atomic E-state index is -0.673. The maximum atomic E-state index is 13.6. The van der Waals surface area contributed by atoms with Crippen LogP contribution in [0.5, 0.6) is 0 Å². The highest BCUT2D eigenvalue weighted by molar-refractivity contribution is 6.31. The molecule has 3 N–H and O–H groups in total. The molecule has 4 rings (SSSR count). The maximum absolute atomic E-state index is 13.6. The Morgan fingerprint density at radius 1 is 1.31 bits per heavy atom. The van der Waals surface area contributed by atoms with Gasteiger partial charge in [0.2, 0.25) is 0 Å².